The van der Waals surface area contributed by atoms with Crippen LogP contribution in [0.4, 0.5) is 0 Å². The van der Waals surface area contributed by atoms with Crippen LogP contribution >= 0.6 is 27.5 Å². The monoisotopic (exact) mass is 344 g/mol. The van der Waals surface area contributed by atoms with E-state index in [4.69, 9.17) is 20.8 Å². The Hall–Kier alpha value is -0.880. The van der Waals surface area contributed by atoms with E-state index in [1.165, 1.54) is 0 Å². The number of oxazole rings is 1. The van der Waals surface area contributed by atoms with Crippen molar-refractivity contribution < 1.29 is 9.15 Å². The Morgan fingerprint density at radius 3 is 3.11 bits per heavy atom. The Morgan fingerprint density at radius 2 is 2.32 bits per heavy atom. The highest BCUT2D eigenvalue weighted by molar-refractivity contribution is 9.10. The summed E-state index contributed by atoms with van der Waals surface area (Å²) in [4.78, 5) is 4.42. The van der Waals surface area contributed by atoms with Gasteiger partial charge in [0.15, 0.2) is 0 Å². The van der Waals surface area contributed by atoms with Gasteiger partial charge < -0.3 is 14.5 Å². The highest BCUT2D eigenvalue weighted by Crippen LogP contribution is 2.30. The number of hydrogen-bond acceptors (Lipinski definition) is 4. The molecular weight excluding hydrogens is 332 g/mol. The Balaban J connectivity index is 2.06. The van der Waals surface area contributed by atoms with Crippen molar-refractivity contribution in [3.05, 3.63) is 39.7 Å². The quantitative estimate of drug-likeness (QED) is 0.814. The van der Waals surface area contributed by atoms with Crippen LogP contribution in [0.15, 0.2) is 33.4 Å². The second kappa shape index (κ2) is 7.05. The van der Waals surface area contributed by atoms with Crippen molar-refractivity contribution in [1.29, 1.82) is 0 Å². The second-order valence-corrected chi connectivity index (χ2v) is 5.23. The predicted octanol–water partition coefficient (Wildman–Crippen LogP) is 3.49. The largest absolute Gasteiger partial charge is 0.444 e. The molecule has 19 heavy (non-hydrogen) atoms. The van der Waals surface area contributed by atoms with Crippen molar-refractivity contribution in [2.75, 3.05) is 20.3 Å². The Bertz CT molecular complexity index is 545. The Kier molecular flexibility index (Phi) is 5.39. The summed E-state index contributed by atoms with van der Waals surface area (Å²) in [7, 11) is 1.67. The SMILES string of the molecule is COCCNCc1coc(-c2cc(Cl)ccc2Br)n1. The van der Waals surface area contributed by atoms with Gasteiger partial charge >= 0.3 is 0 Å². The fourth-order valence-corrected chi connectivity index (χ4v) is 2.15. The molecule has 6 heteroatoms. The number of benzene rings is 1. The minimum atomic E-state index is 0.554. The van der Waals surface area contributed by atoms with Crippen LogP contribution in [-0.4, -0.2) is 25.2 Å². The molecule has 1 heterocycles. The molecule has 1 N–H and O–H groups in total. The predicted molar refractivity (Wildman–Crippen MR) is 78.2 cm³/mol. The van der Waals surface area contributed by atoms with E-state index in [1.54, 1.807) is 13.4 Å². The number of nitrogens with zero attached hydrogens (tertiary/aromatic N) is 1. The third-order valence-corrected chi connectivity index (χ3v) is 3.43. The van der Waals surface area contributed by atoms with Crippen LogP contribution in [0.5, 0.6) is 0 Å². The summed E-state index contributed by atoms with van der Waals surface area (Å²) in [6, 6.07) is 5.50. The fraction of sp³-hybridized carbons (Fsp3) is 0.308. The number of methoxy groups -OCH3 is 1. The van der Waals surface area contributed by atoms with E-state index in [2.05, 4.69) is 26.2 Å². The molecule has 0 aliphatic heterocycles. The summed E-state index contributed by atoms with van der Waals surface area (Å²) in [5.41, 5.74) is 1.69. The first kappa shape index (κ1) is 14.5. The molecule has 0 fully saturated rings. The van der Waals surface area contributed by atoms with Crippen LogP contribution in [0.25, 0.3) is 11.5 Å². The zero-order chi connectivity index (χ0) is 13.7. The lowest BCUT2D eigenvalue weighted by Gasteiger charge is -2.01. The minimum Gasteiger partial charge on any atom is -0.444 e. The van der Waals surface area contributed by atoms with Gasteiger partial charge in [0, 0.05) is 29.7 Å². The van der Waals surface area contributed by atoms with Crippen molar-refractivity contribution in [3.8, 4) is 11.5 Å². The molecule has 1 aromatic carbocycles. The van der Waals surface area contributed by atoms with Crippen LogP contribution in [0, 0.1) is 0 Å². The molecule has 102 valence electrons. The van der Waals surface area contributed by atoms with Gasteiger partial charge in [0.2, 0.25) is 5.89 Å². The molecule has 0 bridgehead atoms. The lowest BCUT2D eigenvalue weighted by Crippen LogP contribution is -2.18. The summed E-state index contributed by atoms with van der Waals surface area (Å²) in [6.07, 6.45) is 1.64. The van der Waals surface area contributed by atoms with Gasteiger partial charge in [0.25, 0.3) is 0 Å². The smallest absolute Gasteiger partial charge is 0.227 e. The molecule has 4 nitrogen and oxygen atoms in total. The standard InChI is InChI=1S/C13H14BrClN2O2/c1-18-5-4-16-7-10-8-19-13(17-10)11-6-9(15)2-3-12(11)14/h2-3,6,8,16H,4-5,7H2,1H3. The summed E-state index contributed by atoms with van der Waals surface area (Å²) in [5, 5.41) is 3.86. The van der Waals surface area contributed by atoms with Gasteiger partial charge in [0.05, 0.1) is 17.9 Å². The number of rotatable bonds is 6. The maximum atomic E-state index is 5.98. The van der Waals surface area contributed by atoms with Crippen LogP contribution in [-0.2, 0) is 11.3 Å². The molecule has 1 aromatic heterocycles. The molecule has 0 saturated heterocycles. The van der Waals surface area contributed by atoms with Crippen LogP contribution < -0.4 is 5.32 Å². The fourth-order valence-electron chi connectivity index (χ4n) is 1.56. The third kappa shape index (κ3) is 4.04. The van der Waals surface area contributed by atoms with Crippen molar-refractivity contribution in [2.24, 2.45) is 0 Å². The highest BCUT2D eigenvalue weighted by Gasteiger charge is 2.10. The summed E-state index contributed by atoms with van der Waals surface area (Å²) in [5.74, 6) is 0.554. The van der Waals surface area contributed by atoms with Gasteiger partial charge in [-0.05, 0) is 34.1 Å². The topological polar surface area (TPSA) is 47.3 Å². The first-order chi connectivity index (χ1) is 9.20. The van der Waals surface area contributed by atoms with Gasteiger partial charge in [-0.2, -0.15) is 0 Å². The van der Waals surface area contributed by atoms with E-state index in [1.807, 2.05) is 18.2 Å². The van der Waals surface area contributed by atoms with Gasteiger partial charge in [-0.15, -0.1) is 0 Å². The summed E-state index contributed by atoms with van der Waals surface area (Å²) >= 11 is 9.43. The minimum absolute atomic E-state index is 0.554. The first-order valence-corrected chi connectivity index (χ1v) is 6.97. The Labute approximate surface area is 125 Å². The number of halogens is 2. The summed E-state index contributed by atoms with van der Waals surface area (Å²) in [6.45, 7) is 2.09. The number of hydrogen-bond donors (Lipinski definition) is 1. The van der Waals surface area contributed by atoms with Gasteiger partial charge in [-0.3, -0.25) is 0 Å². The molecular formula is C13H14BrClN2O2. The molecule has 0 atom stereocenters. The van der Waals surface area contributed by atoms with Crippen molar-refractivity contribution in [3.63, 3.8) is 0 Å². The molecule has 0 radical (unpaired) electrons. The Morgan fingerprint density at radius 1 is 1.47 bits per heavy atom. The van der Waals surface area contributed by atoms with E-state index < -0.39 is 0 Å². The average Bonchev–Trinajstić information content (AvgIpc) is 2.86. The number of ether oxygens (including phenoxy) is 1. The molecule has 2 rings (SSSR count). The highest BCUT2D eigenvalue weighted by atomic mass is 79.9. The maximum Gasteiger partial charge on any atom is 0.227 e. The van der Waals surface area contributed by atoms with Gasteiger partial charge in [-0.25, -0.2) is 4.98 Å². The molecule has 0 aliphatic carbocycles. The van der Waals surface area contributed by atoms with Crippen molar-refractivity contribution in [2.45, 2.75) is 6.54 Å². The van der Waals surface area contributed by atoms with E-state index in [9.17, 15) is 0 Å². The molecule has 0 aliphatic rings. The van der Waals surface area contributed by atoms with E-state index in [0.717, 1.165) is 22.3 Å². The molecule has 0 spiro atoms. The van der Waals surface area contributed by atoms with Crippen LogP contribution in [0.3, 0.4) is 0 Å². The van der Waals surface area contributed by atoms with Crippen LogP contribution in [0.2, 0.25) is 5.02 Å². The van der Waals surface area contributed by atoms with E-state index >= 15 is 0 Å². The van der Waals surface area contributed by atoms with Gasteiger partial charge in [-0.1, -0.05) is 11.6 Å². The second-order valence-electron chi connectivity index (χ2n) is 3.94. The molecule has 0 unspecified atom stereocenters. The number of aromatic nitrogens is 1. The average molecular weight is 346 g/mol. The van der Waals surface area contributed by atoms with Gasteiger partial charge in [0.1, 0.15) is 6.26 Å². The lowest BCUT2D eigenvalue weighted by atomic mass is 10.2. The maximum absolute atomic E-state index is 5.98. The zero-order valence-corrected chi connectivity index (χ0v) is 12.8. The molecule has 0 saturated carbocycles. The van der Waals surface area contributed by atoms with Crippen molar-refractivity contribution in [1.82, 2.24) is 10.3 Å². The number of nitrogens with one attached hydrogen (secondary N) is 1. The van der Waals surface area contributed by atoms with E-state index in [0.29, 0.717) is 24.1 Å². The molecule has 2 aromatic rings. The van der Waals surface area contributed by atoms with Crippen LogP contribution in [0.1, 0.15) is 5.69 Å². The first-order valence-electron chi connectivity index (χ1n) is 5.80. The normalized spacial score (nSPS) is 10.9. The summed E-state index contributed by atoms with van der Waals surface area (Å²) < 4.78 is 11.3. The molecule has 0 amide bonds. The van der Waals surface area contributed by atoms with Crippen molar-refractivity contribution >= 4 is 27.5 Å². The lowest BCUT2D eigenvalue weighted by molar-refractivity contribution is 0.199. The third-order valence-electron chi connectivity index (χ3n) is 2.50. The van der Waals surface area contributed by atoms with E-state index in [-0.39, 0.29) is 0 Å². The zero-order valence-electron chi connectivity index (χ0n) is 10.5.